The highest BCUT2D eigenvalue weighted by molar-refractivity contribution is 6.03. The molecule has 126 valence electrons. The van der Waals surface area contributed by atoms with E-state index in [2.05, 4.69) is 4.98 Å². The first-order valence-electron chi connectivity index (χ1n) is 7.53. The SMILES string of the molecule is CC(=C/C(=O)c1ccc[nH]1)/C=C/C(O)C(C)(O)CC/C=C(\C)O. The molecule has 0 bridgehead atoms. The van der Waals surface area contributed by atoms with E-state index >= 15 is 0 Å². The zero-order chi connectivity index (χ0) is 17.5. The van der Waals surface area contributed by atoms with E-state index in [4.69, 9.17) is 5.11 Å². The number of carbonyl (C=O) groups is 1. The molecule has 5 nitrogen and oxygen atoms in total. The van der Waals surface area contributed by atoms with Gasteiger partial charge in [0.1, 0.15) is 6.10 Å². The van der Waals surface area contributed by atoms with E-state index in [1.165, 1.54) is 19.1 Å². The van der Waals surface area contributed by atoms with Crippen molar-refractivity contribution < 1.29 is 20.1 Å². The van der Waals surface area contributed by atoms with Crippen LogP contribution in [0.25, 0.3) is 0 Å². The van der Waals surface area contributed by atoms with Crippen LogP contribution in [0.4, 0.5) is 0 Å². The van der Waals surface area contributed by atoms with Crippen molar-refractivity contribution >= 4 is 5.78 Å². The summed E-state index contributed by atoms with van der Waals surface area (Å²) in [5.41, 5.74) is -0.145. The van der Waals surface area contributed by atoms with Crippen molar-refractivity contribution in [2.45, 2.75) is 45.3 Å². The third-order valence-corrected chi connectivity index (χ3v) is 3.49. The van der Waals surface area contributed by atoms with Crippen molar-refractivity contribution in [3.63, 3.8) is 0 Å². The van der Waals surface area contributed by atoms with Crippen molar-refractivity contribution in [1.29, 1.82) is 0 Å². The molecule has 0 saturated carbocycles. The molecule has 1 rings (SSSR count). The van der Waals surface area contributed by atoms with Crippen LogP contribution in [-0.4, -0.2) is 37.8 Å². The first-order chi connectivity index (χ1) is 10.7. The minimum Gasteiger partial charge on any atom is -0.513 e. The molecule has 1 aromatic rings. The molecule has 1 aromatic heterocycles. The molecule has 1 heterocycles. The van der Waals surface area contributed by atoms with Crippen molar-refractivity contribution in [2.75, 3.05) is 0 Å². The smallest absolute Gasteiger partial charge is 0.202 e. The zero-order valence-corrected chi connectivity index (χ0v) is 13.8. The molecule has 0 radical (unpaired) electrons. The Morgan fingerprint density at radius 1 is 1.43 bits per heavy atom. The second-order valence-corrected chi connectivity index (χ2v) is 5.88. The molecule has 5 heteroatoms. The third kappa shape index (κ3) is 6.67. The van der Waals surface area contributed by atoms with Gasteiger partial charge in [0.05, 0.1) is 17.1 Å². The summed E-state index contributed by atoms with van der Waals surface area (Å²) in [6.45, 7) is 4.84. The van der Waals surface area contributed by atoms with E-state index in [0.29, 0.717) is 24.1 Å². The van der Waals surface area contributed by atoms with Crippen LogP contribution in [0.1, 0.15) is 44.1 Å². The lowest BCUT2D eigenvalue weighted by Gasteiger charge is -2.26. The first kappa shape index (κ1) is 18.9. The van der Waals surface area contributed by atoms with Crippen LogP contribution in [0.2, 0.25) is 0 Å². The molecule has 0 spiro atoms. The van der Waals surface area contributed by atoms with Gasteiger partial charge in [-0.1, -0.05) is 12.2 Å². The van der Waals surface area contributed by atoms with Crippen LogP contribution in [0.3, 0.4) is 0 Å². The summed E-state index contributed by atoms with van der Waals surface area (Å²) in [4.78, 5) is 14.7. The fourth-order valence-corrected chi connectivity index (χ4v) is 1.99. The summed E-state index contributed by atoms with van der Waals surface area (Å²) < 4.78 is 0. The van der Waals surface area contributed by atoms with Crippen LogP contribution < -0.4 is 0 Å². The summed E-state index contributed by atoms with van der Waals surface area (Å²) in [5.74, 6) is 0.0365. The number of hydrogen-bond donors (Lipinski definition) is 4. The first-order valence-corrected chi connectivity index (χ1v) is 7.53. The van der Waals surface area contributed by atoms with Gasteiger partial charge < -0.3 is 20.3 Å². The predicted octanol–water partition coefficient (Wildman–Crippen LogP) is 3.05. The minimum absolute atomic E-state index is 0.151. The van der Waals surface area contributed by atoms with E-state index in [1.54, 1.807) is 44.3 Å². The fourth-order valence-electron chi connectivity index (χ4n) is 1.99. The van der Waals surface area contributed by atoms with Crippen molar-refractivity contribution in [3.05, 3.63) is 59.7 Å². The van der Waals surface area contributed by atoms with Gasteiger partial charge in [-0.05, 0) is 63.5 Å². The average molecular weight is 319 g/mol. The number of carbonyl (C=O) groups excluding carboxylic acids is 1. The number of allylic oxidation sites excluding steroid dienone is 5. The van der Waals surface area contributed by atoms with Crippen molar-refractivity contribution in [3.8, 4) is 0 Å². The molecule has 23 heavy (non-hydrogen) atoms. The van der Waals surface area contributed by atoms with E-state index in [1.807, 2.05) is 0 Å². The van der Waals surface area contributed by atoms with Gasteiger partial charge >= 0.3 is 0 Å². The summed E-state index contributed by atoms with van der Waals surface area (Å²) >= 11 is 0. The maximum Gasteiger partial charge on any atom is 0.202 e. The van der Waals surface area contributed by atoms with Crippen LogP contribution >= 0.6 is 0 Å². The molecule has 0 aliphatic carbocycles. The maximum absolute atomic E-state index is 11.9. The Hall–Kier alpha value is -2.11. The highest BCUT2D eigenvalue weighted by Gasteiger charge is 2.27. The molecular formula is C18H25NO4. The number of rotatable bonds is 8. The molecule has 2 unspecified atom stereocenters. The largest absolute Gasteiger partial charge is 0.513 e. The summed E-state index contributed by atoms with van der Waals surface area (Å²) in [7, 11) is 0. The molecule has 4 N–H and O–H groups in total. The minimum atomic E-state index is -1.31. The van der Waals surface area contributed by atoms with Crippen LogP contribution in [0.15, 0.2) is 54.0 Å². The van der Waals surface area contributed by atoms with Crippen molar-refractivity contribution in [1.82, 2.24) is 4.98 Å². The average Bonchev–Trinajstić information content (AvgIpc) is 2.98. The normalized spacial score (nSPS) is 17.3. The number of ketones is 1. The number of nitrogens with one attached hydrogen (secondary N) is 1. The second kappa shape index (κ2) is 8.50. The lowest BCUT2D eigenvalue weighted by Crippen LogP contribution is -2.37. The lowest BCUT2D eigenvalue weighted by atomic mass is 9.92. The lowest BCUT2D eigenvalue weighted by molar-refractivity contribution is -0.0427. The number of H-pyrrole nitrogens is 1. The fraction of sp³-hybridized carbons (Fsp3) is 0.389. The Morgan fingerprint density at radius 3 is 2.70 bits per heavy atom. The predicted molar refractivity (Wildman–Crippen MR) is 90.3 cm³/mol. The Morgan fingerprint density at radius 2 is 2.13 bits per heavy atom. The van der Waals surface area contributed by atoms with Gasteiger partial charge in [0, 0.05) is 6.20 Å². The Bertz CT molecular complexity index is 591. The number of aliphatic hydroxyl groups is 3. The summed E-state index contributed by atoms with van der Waals surface area (Å²) in [5, 5.41) is 29.4. The highest BCUT2D eigenvalue weighted by atomic mass is 16.3. The molecule has 2 atom stereocenters. The Labute approximate surface area is 136 Å². The summed E-state index contributed by atoms with van der Waals surface area (Å²) in [6.07, 6.45) is 7.48. The van der Waals surface area contributed by atoms with Crippen LogP contribution in [0, 0.1) is 0 Å². The van der Waals surface area contributed by atoms with E-state index in [9.17, 15) is 15.0 Å². The number of aromatic nitrogens is 1. The van der Waals surface area contributed by atoms with E-state index < -0.39 is 11.7 Å². The quantitative estimate of drug-likeness (QED) is 0.256. The topological polar surface area (TPSA) is 93.6 Å². The molecule has 0 aliphatic heterocycles. The maximum atomic E-state index is 11.9. The van der Waals surface area contributed by atoms with Crippen LogP contribution in [0.5, 0.6) is 0 Å². The molecule has 0 amide bonds. The number of hydrogen-bond acceptors (Lipinski definition) is 4. The monoisotopic (exact) mass is 319 g/mol. The van der Waals surface area contributed by atoms with Gasteiger partial charge in [-0.25, -0.2) is 0 Å². The van der Waals surface area contributed by atoms with Gasteiger partial charge in [0.2, 0.25) is 5.78 Å². The number of aliphatic hydroxyl groups excluding tert-OH is 2. The van der Waals surface area contributed by atoms with Crippen LogP contribution in [-0.2, 0) is 0 Å². The zero-order valence-electron chi connectivity index (χ0n) is 13.8. The highest BCUT2D eigenvalue weighted by Crippen LogP contribution is 2.19. The molecule has 0 fully saturated rings. The Kier molecular flexibility index (Phi) is 7.00. The molecular weight excluding hydrogens is 294 g/mol. The molecule has 0 aliphatic rings. The van der Waals surface area contributed by atoms with Gasteiger partial charge in [-0.15, -0.1) is 0 Å². The standard InChI is InChI=1S/C18H25NO4/c1-13(12-16(21)15-7-5-11-19-15)8-9-17(22)18(3,23)10-4-6-14(2)20/h5-9,11-12,17,19-20,22-23H,4,10H2,1-3H3/b9-8+,13-12-,14-6+. The van der Waals surface area contributed by atoms with E-state index in [-0.39, 0.29) is 11.5 Å². The molecule has 0 aromatic carbocycles. The second-order valence-electron chi connectivity index (χ2n) is 5.88. The van der Waals surface area contributed by atoms with E-state index in [0.717, 1.165) is 0 Å². The van der Waals surface area contributed by atoms with Gasteiger partial charge in [-0.3, -0.25) is 4.79 Å². The Balaban J connectivity index is 2.63. The van der Waals surface area contributed by atoms with Gasteiger partial charge in [-0.2, -0.15) is 0 Å². The van der Waals surface area contributed by atoms with Crippen molar-refractivity contribution in [2.24, 2.45) is 0 Å². The third-order valence-electron chi connectivity index (χ3n) is 3.49. The molecule has 0 saturated heterocycles. The van der Waals surface area contributed by atoms with Gasteiger partial charge in [0.25, 0.3) is 0 Å². The number of aromatic amines is 1. The van der Waals surface area contributed by atoms with Gasteiger partial charge in [0.15, 0.2) is 0 Å². The summed E-state index contributed by atoms with van der Waals surface area (Å²) in [6, 6.07) is 3.43.